The monoisotopic (exact) mass is 420 g/mol. The number of phenols is 1. The Bertz CT molecular complexity index is 1190. The summed E-state index contributed by atoms with van der Waals surface area (Å²) in [5.41, 5.74) is 3.24. The van der Waals surface area contributed by atoms with Crippen molar-refractivity contribution < 1.29 is 15.0 Å². The zero-order chi connectivity index (χ0) is 22.4. The van der Waals surface area contributed by atoms with E-state index in [1.54, 1.807) is 31.2 Å². The molecule has 0 amide bonds. The Morgan fingerprint density at radius 3 is 2.55 bits per heavy atom. The van der Waals surface area contributed by atoms with Crippen LogP contribution in [-0.2, 0) is 11.3 Å². The molecule has 2 aromatic carbocycles. The number of carboxylic acid groups (broad SMARTS) is 1. The van der Waals surface area contributed by atoms with Crippen molar-refractivity contribution in [2.24, 2.45) is 10.2 Å². The van der Waals surface area contributed by atoms with E-state index in [4.69, 9.17) is 5.11 Å². The fourth-order valence-electron chi connectivity index (χ4n) is 2.99. The first-order chi connectivity index (χ1) is 14.8. The summed E-state index contributed by atoms with van der Waals surface area (Å²) < 4.78 is 1.31. The molecule has 3 aromatic rings. The molecular weight excluding hydrogens is 396 g/mol. The maximum absolute atomic E-state index is 12.5. The Morgan fingerprint density at radius 2 is 1.84 bits per heavy atom. The van der Waals surface area contributed by atoms with E-state index in [1.165, 1.54) is 10.2 Å². The molecule has 0 atom stereocenters. The van der Waals surface area contributed by atoms with Crippen molar-refractivity contribution in [3.8, 4) is 5.75 Å². The minimum absolute atomic E-state index is 0.0296. The number of nitrogens with zero attached hydrogens (tertiary/aromatic N) is 3. The largest absolute Gasteiger partial charge is 0.505 e. The molecule has 8 heteroatoms. The standard InChI is InChI=1S/C23H24N4O4/c1-15-8-10-17(11-9-15)12-13-18-5-3-6-19(22(18)30)24-25-21-16(2)26-27(23(21)31)14-4-7-20(28)29/h3,5-6,8-13,26,30H,4,7,14H2,1-2H3,(H,28,29)/b13-12+,25-24?. The van der Waals surface area contributed by atoms with Gasteiger partial charge in [0, 0.05) is 18.5 Å². The van der Waals surface area contributed by atoms with Crippen LogP contribution in [0.3, 0.4) is 0 Å². The Balaban J connectivity index is 1.79. The molecule has 1 aromatic heterocycles. The summed E-state index contributed by atoms with van der Waals surface area (Å²) in [6, 6.07) is 13.1. The van der Waals surface area contributed by atoms with Gasteiger partial charge in [-0.15, -0.1) is 10.2 Å². The second-order valence-electron chi connectivity index (χ2n) is 7.20. The quantitative estimate of drug-likeness (QED) is 0.353. The molecule has 0 saturated heterocycles. The van der Waals surface area contributed by atoms with Crippen LogP contribution in [0.2, 0.25) is 0 Å². The summed E-state index contributed by atoms with van der Waals surface area (Å²) in [5, 5.41) is 30.2. The number of nitrogens with one attached hydrogen (secondary N) is 1. The summed E-state index contributed by atoms with van der Waals surface area (Å²) in [6.45, 7) is 3.95. The normalized spacial score (nSPS) is 11.5. The first-order valence-corrected chi connectivity index (χ1v) is 9.85. The average Bonchev–Trinajstić information content (AvgIpc) is 3.00. The van der Waals surface area contributed by atoms with Crippen LogP contribution in [0.5, 0.6) is 5.75 Å². The second-order valence-corrected chi connectivity index (χ2v) is 7.20. The summed E-state index contributed by atoms with van der Waals surface area (Å²) in [6.07, 6.45) is 3.97. The molecule has 0 fully saturated rings. The zero-order valence-electron chi connectivity index (χ0n) is 17.4. The van der Waals surface area contributed by atoms with Crippen molar-refractivity contribution in [1.29, 1.82) is 0 Å². The van der Waals surface area contributed by atoms with Crippen LogP contribution in [-0.4, -0.2) is 26.0 Å². The predicted octanol–water partition coefficient (Wildman–Crippen LogP) is 4.95. The first-order valence-electron chi connectivity index (χ1n) is 9.85. The Hall–Kier alpha value is -3.94. The maximum atomic E-state index is 12.5. The highest BCUT2D eigenvalue weighted by atomic mass is 16.4. The number of benzene rings is 2. The zero-order valence-corrected chi connectivity index (χ0v) is 17.4. The lowest BCUT2D eigenvalue weighted by Crippen LogP contribution is -2.17. The number of hydrogen-bond acceptors (Lipinski definition) is 5. The summed E-state index contributed by atoms with van der Waals surface area (Å²) >= 11 is 0. The first kappa shape index (κ1) is 21.8. The molecule has 1 heterocycles. The van der Waals surface area contributed by atoms with E-state index < -0.39 is 5.97 Å². The smallest absolute Gasteiger partial charge is 0.303 e. The number of carbonyl (C=O) groups is 1. The number of H-pyrrole nitrogens is 1. The lowest BCUT2D eigenvalue weighted by molar-refractivity contribution is -0.137. The van der Waals surface area contributed by atoms with Crippen LogP contribution in [0.15, 0.2) is 57.5 Å². The van der Waals surface area contributed by atoms with Crippen LogP contribution in [0, 0.1) is 13.8 Å². The molecule has 0 aliphatic rings. The number of para-hydroxylation sites is 1. The third kappa shape index (κ3) is 5.57. The fourth-order valence-corrected chi connectivity index (χ4v) is 2.99. The second kappa shape index (κ2) is 9.71. The van der Waals surface area contributed by atoms with Crippen molar-refractivity contribution >= 4 is 29.5 Å². The van der Waals surface area contributed by atoms with Crippen molar-refractivity contribution in [2.45, 2.75) is 33.2 Å². The summed E-state index contributed by atoms with van der Waals surface area (Å²) in [4.78, 5) is 23.1. The van der Waals surface area contributed by atoms with Gasteiger partial charge in [0.25, 0.3) is 5.56 Å². The number of aliphatic carboxylic acids is 1. The third-order valence-electron chi connectivity index (χ3n) is 4.71. The number of phenolic OH excluding ortho intramolecular Hbond substituents is 1. The number of hydrogen-bond donors (Lipinski definition) is 3. The molecule has 3 rings (SSSR count). The minimum atomic E-state index is -0.914. The van der Waals surface area contributed by atoms with E-state index >= 15 is 0 Å². The van der Waals surface area contributed by atoms with E-state index in [2.05, 4.69) is 15.3 Å². The molecule has 0 unspecified atom stereocenters. The SMILES string of the molecule is Cc1ccc(/C=C/c2cccc(N=Nc3c(C)[nH]n(CCCC(=O)O)c3=O)c2O)cc1. The molecule has 0 aliphatic carbocycles. The molecule has 3 N–H and O–H groups in total. The van der Waals surface area contributed by atoms with Crippen molar-refractivity contribution in [3.05, 3.63) is 75.2 Å². The predicted molar refractivity (Wildman–Crippen MR) is 119 cm³/mol. The summed E-state index contributed by atoms with van der Waals surface area (Å²) in [7, 11) is 0. The molecule has 0 aliphatic heterocycles. The molecule has 0 radical (unpaired) electrons. The minimum Gasteiger partial charge on any atom is -0.505 e. The van der Waals surface area contributed by atoms with Crippen LogP contribution < -0.4 is 5.56 Å². The molecule has 8 nitrogen and oxygen atoms in total. The highest BCUT2D eigenvalue weighted by molar-refractivity contribution is 5.75. The van der Waals surface area contributed by atoms with Crippen LogP contribution in [0.4, 0.5) is 11.4 Å². The Morgan fingerprint density at radius 1 is 1.10 bits per heavy atom. The molecule has 160 valence electrons. The molecule has 0 bridgehead atoms. The van der Waals surface area contributed by atoms with Gasteiger partial charge in [-0.25, -0.2) is 0 Å². The van der Waals surface area contributed by atoms with Gasteiger partial charge in [-0.2, -0.15) is 0 Å². The maximum Gasteiger partial charge on any atom is 0.303 e. The van der Waals surface area contributed by atoms with Gasteiger partial charge in [-0.1, -0.05) is 54.1 Å². The van der Waals surface area contributed by atoms with Crippen molar-refractivity contribution in [1.82, 2.24) is 9.78 Å². The van der Waals surface area contributed by atoms with Crippen LogP contribution >= 0.6 is 0 Å². The third-order valence-corrected chi connectivity index (χ3v) is 4.71. The van der Waals surface area contributed by atoms with Gasteiger partial charge in [0.2, 0.25) is 0 Å². The van der Waals surface area contributed by atoms with Gasteiger partial charge in [0.05, 0.1) is 5.69 Å². The number of aromatic nitrogens is 2. The van der Waals surface area contributed by atoms with Gasteiger partial charge in [0.1, 0.15) is 11.4 Å². The highest BCUT2D eigenvalue weighted by Gasteiger charge is 2.12. The number of aromatic hydroxyl groups is 1. The van der Waals surface area contributed by atoms with Gasteiger partial charge >= 0.3 is 5.97 Å². The van der Waals surface area contributed by atoms with Crippen LogP contribution in [0.25, 0.3) is 12.2 Å². The Labute approximate surface area is 179 Å². The number of aromatic amines is 1. The van der Waals surface area contributed by atoms with Crippen molar-refractivity contribution in [2.75, 3.05) is 0 Å². The van der Waals surface area contributed by atoms with E-state index in [0.717, 1.165) is 5.56 Å². The molecule has 0 saturated carbocycles. The van der Waals surface area contributed by atoms with Gasteiger partial charge in [0.15, 0.2) is 5.69 Å². The molecule has 0 spiro atoms. The van der Waals surface area contributed by atoms with E-state index in [1.807, 2.05) is 37.3 Å². The summed E-state index contributed by atoms with van der Waals surface area (Å²) in [5.74, 6) is -0.951. The molecular formula is C23H24N4O4. The lowest BCUT2D eigenvalue weighted by atomic mass is 10.1. The fraction of sp³-hybridized carbons (Fsp3) is 0.217. The van der Waals surface area contributed by atoms with Gasteiger partial charge < -0.3 is 10.2 Å². The Kier molecular flexibility index (Phi) is 6.81. The topological polar surface area (TPSA) is 120 Å². The van der Waals surface area contributed by atoms with E-state index in [-0.39, 0.29) is 35.6 Å². The average molecular weight is 420 g/mol. The van der Waals surface area contributed by atoms with E-state index in [0.29, 0.717) is 17.7 Å². The molecule has 31 heavy (non-hydrogen) atoms. The number of aryl methyl sites for hydroxylation is 3. The van der Waals surface area contributed by atoms with Gasteiger partial charge in [-0.05, 0) is 31.9 Å². The van der Waals surface area contributed by atoms with Crippen LogP contribution in [0.1, 0.15) is 35.2 Å². The highest BCUT2D eigenvalue weighted by Crippen LogP contribution is 2.32. The number of rotatable bonds is 8. The van der Waals surface area contributed by atoms with Crippen molar-refractivity contribution in [3.63, 3.8) is 0 Å². The lowest BCUT2D eigenvalue weighted by Gasteiger charge is -2.02. The van der Waals surface area contributed by atoms with E-state index in [9.17, 15) is 14.7 Å². The number of carboxylic acids is 1. The van der Waals surface area contributed by atoms with Gasteiger partial charge in [-0.3, -0.25) is 19.4 Å². The number of azo groups is 1.